The largest absolute Gasteiger partial charge is 0.478 e. The molecule has 0 fully saturated rings. The van der Waals surface area contributed by atoms with Crippen molar-refractivity contribution in [3.8, 4) is 0 Å². The van der Waals surface area contributed by atoms with Crippen LogP contribution in [0.4, 0.5) is 0 Å². The molecule has 0 aliphatic carbocycles. The first-order valence-corrected chi connectivity index (χ1v) is 11.5. The van der Waals surface area contributed by atoms with E-state index in [9.17, 15) is 9.59 Å². The summed E-state index contributed by atoms with van der Waals surface area (Å²) in [5.74, 6) is -1.86. The average Bonchev–Trinajstić information content (AvgIpc) is 3.53. The van der Waals surface area contributed by atoms with Crippen LogP contribution in [0.1, 0.15) is 33.6 Å². The predicted molar refractivity (Wildman–Crippen MR) is 133 cm³/mol. The molecule has 0 radical (unpaired) electrons. The number of carbonyl (C=O) groups is 2. The van der Waals surface area contributed by atoms with Gasteiger partial charge in [-0.1, -0.05) is 0 Å². The highest BCUT2D eigenvalue weighted by Crippen LogP contribution is 2.23. The molecule has 36 heavy (non-hydrogen) atoms. The van der Waals surface area contributed by atoms with Crippen LogP contribution in [0.25, 0.3) is 33.5 Å². The molecule has 0 unspecified atom stereocenters. The highest BCUT2D eigenvalue weighted by Gasteiger charge is 2.13. The molecule has 0 atom stereocenters. The van der Waals surface area contributed by atoms with E-state index in [0.717, 1.165) is 40.8 Å². The van der Waals surface area contributed by atoms with E-state index in [1.165, 1.54) is 0 Å². The molecule has 2 N–H and O–H groups in total. The minimum Gasteiger partial charge on any atom is -0.478 e. The Morgan fingerprint density at radius 3 is 1.86 bits per heavy atom. The van der Waals surface area contributed by atoms with Crippen molar-refractivity contribution >= 4 is 45.4 Å². The predicted octanol–water partition coefficient (Wildman–Crippen LogP) is 3.99. The number of hydrogen-bond donors (Lipinski definition) is 2. The summed E-state index contributed by atoms with van der Waals surface area (Å²) in [5, 5.41) is 18.0. The Bertz CT molecular complexity index is 1510. The molecular weight excluding hydrogens is 464 g/mol. The molecule has 2 aliphatic heterocycles. The van der Waals surface area contributed by atoms with Gasteiger partial charge in [0.2, 0.25) is 0 Å². The number of benzene rings is 2. The van der Waals surface area contributed by atoms with Crippen LogP contribution in [0, 0.1) is 0 Å². The van der Waals surface area contributed by atoms with Gasteiger partial charge in [0.15, 0.2) is 0 Å². The van der Waals surface area contributed by atoms with Gasteiger partial charge in [0.05, 0.1) is 59.6 Å². The van der Waals surface area contributed by atoms with E-state index in [1.807, 2.05) is 21.3 Å². The maximum absolute atomic E-state index is 11.0. The molecule has 2 aromatic heterocycles. The molecule has 0 bridgehead atoms. The maximum Gasteiger partial charge on any atom is 0.335 e. The lowest BCUT2D eigenvalue weighted by Gasteiger charge is -2.15. The average molecular weight is 489 g/mol. The number of carboxylic acid groups (broad SMARTS) is 2. The van der Waals surface area contributed by atoms with Gasteiger partial charge >= 0.3 is 11.9 Å². The van der Waals surface area contributed by atoms with Crippen molar-refractivity contribution in [2.45, 2.75) is 12.8 Å². The standard InChI is InChI=1S/2C13H12N2O3/c16-13(17)9-1-2-12-11(7-9)14-8-15(12)10-3-5-18-6-4-10;16-13(17)9-1-2-11-12(7-9)15(8-14-11)10-3-5-18-6-4-10/h2*1-3,7-8H,4-6H2,(H,16,17). The Labute approximate surface area is 205 Å². The number of carboxylic acids is 2. The van der Waals surface area contributed by atoms with E-state index >= 15 is 0 Å². The van der Waals surface area contributed by atoms with Crippen LogP contribution in [0.3, 0.4) is 0 Å². The van der Waals surface area contributed by atoms with Crippen molar-refractivity contribution in [3.63, 3.8) is 0 Å². The fourth-order valence-corrected chi connectivity index (χ4v) is 4.22. The first kappa shape index (κ1) is 23.5. The normalized spacial score (nSPS) is 15.7. The van der Waals surface area contributed by atoms with Crippen molar-refractivity contribution in [2.24, 2.45) is 0 Å². The number of imidazole rings is 2. The minimum atomic E-state index is -0.934. The van der Waals surface area contributed by atoms with Gasteiger partial charge < -0.3 is 28.8 Å². The van der Waals surface area contributed by atoms with Crippen molar-refractivity contribution in [1.82, 2.24) is 19.1 Å². The minimum absolute atomic E-state index is 0.258. The molecule has 2 aliphatic rings. The molecule has 184 valence electrons. The zero-order valence-electron chi connectivity index (χ0n) is 19.3. The van der Waals surface area contributed by atoms with Gasteiger partial charge in [-0.05, 0) is 48.6 Å². The zero-order chi connectivity index (χ0) is 25.1. The number of hydrogen-bond acceptors (Lipinski definition) is 6. The van der Waals surface area contributed by atoms with E-state index in [1.54, 1.807) is 49.1 Å². The number of rotatable bonds is 4. The fraction of sp³-hybridized carbons (Fsp3) is 0.231. The molecule has 6 rings (SSSR count). The number of aromatic carboxylic acids is 2. The summed E-state index contributed by atoms with van der Waals surface area (Å²) in [4.78, 5) is 30.4. The van der Waals surface area contributed by atoms with Crippen LogP contribution in [-0.4, -0.2) is 67.7 Å². The third-order valence-corrected chi connectivity index (χ3v) is 6.09. The third-order valence-electron chi connectivity index (χ3n) is 6.09. The van der Waals surface area contributed by atoms with E-state index in [0.29, 0.717) is 31.9 Å². The molecule has 4 heterocycles. The van der Waals surface area contributed by atoms with Crippen LogP contribution in [-0.2, 0) is 9.47 Å². The summed E-state index contributed by atoms with van der Waals surface area (Å²) < 4.78 is 14.5. The quantitative estimate of drug-likeness (QED) is 0.441. The second kappa shape index (κ2) is 10.1. The first-order valence-electron chi connectivity index (χ1n) is 11.5. The van der Waals surface area contributed by atoms with Gasteiger partial charge in [-0.2, -0.15) is 0 Å². The fourth-order valence-electron chi connectivity index (χ4n) is 4.22. The summed E-state index contributed by atoms with van der Waals surface area (Å²) in [5.41, 5.74) is 6.02. The Hall–Kier alpha value is -4.28. The van der Waals surface area contributed by atoms with Gasteiger partial charge in [0.25, 0.3) is 0 Å². The Balaban J connectivity index is 0.000000148. The first-order chi connectivity index (χ1) is 17.5. The van der Waals surface area contributed by atoms with Crippen LogP contribution in [0.15, 0.2) is 61.2 Å². The Morgan fingerprint density at radius 2 is 1.28 bits per heavy atom. The summed E-state index contributed by atoms with van der Waals surface area (Å²) in [7, 11) is 0. The van der Waals surface area contributed by atoms with Gasteiger partial charge in [0, 0.05) is 24.2 Å². The summed E-state index contributed by atoms with van der Waals surface area (Å²) in [6.07, 6.45) is 9.13. The van der Waals surface area contributed by atoms with E-state index in [-0.39, 0.29) is 11.1 Å². The van der Waals surface area contributed by atoms with E-state index < -0.39 is 11.9 Å². The van der Waals surface area contributed by atoms with Gasteiger partial charge in [0.1, 0.15) is 12.7 Å². The molecule has 0 saturated carbocycles. The Kier molecular flexibility index (Phi) is 6.61. The maximum atomic E-state index is 11.0. The smallest absolute Gasteiger partial charge is 0.335 e. The monoisotopic (exact) mass is 488 g/mol. The van der Waals surface area contributed by atoms with Crippen molar-refractivity contribution in [2.75, 3.05) is 26.4 Å². The molecular formula is C26H24N4O6. The number of aromatic nitrogens is 4. The van der Waals surface area contributed by atoms with Crippen LogP contribution < -0.4 is 0 Å². The number of ether oxygens (including phenoxy) is 2. The highest BCUT2D eigenvalue weighted by atomic mass is 16.5. The zero-order valence-corrected chi connectivity index (χ0v) is 19.3. The topological polar surface area (TPSA) is 129 Å². The molecule has 0 saturated heterocycles. The lowest BCUT2D eigenvalue weighted by molar-refractivity contribution is 0.0686. The summed E-state index contributed by atoms with van der Waals surface area (Å²) in [6.45, 7) is 2.60. The molecule has 10 nitrogen and oxygen atoms in total. The molecule has 0 spiro atoms. The molecule has 10 heteroatoms. The van der Waals surface area contributed by atoms with Gasteiger partial charge in [-0.25, -0.2) is 19.6 Å². The van der Waals surface area contributed by atoms with Crippen molar-refractivity contribution < 1.29 is 29.3 Å². The lowest BCUT2D eigenvalue weighted by atomic mass is 10.2. The van der Waals surface area contributed by atoms with Gasteiger partial charge in [-0.15, -0.1) is 0 Å². The van der Waals surface area contributed by atoms with Crippen LogP contribution in [0.5, 0.6) is 0 Å². The molecule has 2 aromatic carbocycles. The molecule has 4 aromatic rings. The van der Waals surface area contributed by atoms with Crippen LogP contribution >= 0.6 is 0 Å². The van der Waals surface area contributed by atoms with Crippen molar-refractivity contribution in [1.29, 1.82) is 0 Å². The highest BCUT2D eigenvalue weighted by molar-refractivity contribution is 5.94. The van der Waals surface area contributed by atoms with E-state index in [2.05, 4.69) is 9.97 Å². The van der Waals surface area contributed by atoms with Gasteiger partial charge in [-0.3, -0.25) is 0 Å². The summed E-state index contributed by atoms with van der Waals surface area (Å²) in [6, 6.07) is 9.94. The number of fused-ring (bicyclic) bond motifs is 2. The number of nitrogens with zero attached hydrogens (tertiary/aromatic N) is 4. The Morgan fingerprint density at radius 1 is 0.722 bits per heavy atom. The second-order valence-corrected chi connectivity index (χ2v) is 8.29. The van der Waals surface area contributed by atoms with Crippen molar-refractivity contribution in [3.05, 3.63) is 72.3 Å². The van der Waals surface area contributed by atoms with Crippen LogP contribution in [0.2, 0.25) is 0 Å². The third kappa shape index (κ3) is 4.77. The lowest BCUT2D eigenvalue weighted by Crippen LogP contribution is -2.08. The molecule has 0 amide bonds. The summed E-state index contributed by atoms with van der Waals surface area (Å²) >= 11 is 0. The van der Waals surface area contributed by atoms with E-state index in [4.69, 9.17) is 19.7 Å². The SMILES string of the molecule is O=C(O)c1ccc2c(c1)ncn2C1=CCOCC1.O=C(O)c1ccc2ncn(C3=CCOCC3)c2c1. The second-order valence-electron chi connectivity index (χ2n) is 8.29.